The van der Waals surface area contributed by atoms with Crippen LogP contribution in [0.15, 0.2) is 4.42 Å². The Hall–Kier alpha value is -0.860. The molecule has 0 atom stereocenters. The van der Waals surface area contributed by atoms with Crippen LogP contribution in [0, 0.1) is 22.6 Å². The lowest BCUT2D eigenvalue weighted by Crippen LogP contribution is -1.65. The largest absolute Gasteiger partial charge is 0.414 e. The van der Waals surface area contributed by atoms with Crippen molar-refractivity contribution in [3.8, 4) is 0 Å². The lowest BCUT2D eigenvalue weighted by atomic mass is 10.8. The fourth-order valence-electron chi connectivity index (χ4n) is 0.608. The van der Waals surface area contributed by atoms with Crippen LogP contribution in [0.25, 0.3) is 0 Å². The molecule has 0 saturated carbocycles. The maximum Gasteiger partial charge on any atom is 0.284 e. The number of hydrogen-bond donors (Lipinski definition) is 2. The molecule has 0 unspecified atom stereocenters. The van der Waals surface area contributed by atoms with Crippen LogP contribution in [-0.4, -0.2) is 20.4 Å². The van der Waals surface area contributed by atoms with Crippen molar-refractivity contribution in [2.24, 2.45) is 0 Å². The Kier molecular flexibility index (Phi) is 4.11. The average molecular weight is 248 g/mol. The summed E-state index contributed by atoms with van der Waals surface area (Å²) >= 11 is 10.8. The van der Waals surface area contributed by atoms with E-state index in [9.17, 15) is 0 Å². The fourth-order valence-corrected chi connectivity index (χ4v) is 1.63. The molecule has 2 aromatic rings. The Labute approximate surface area is 94.2 Å². The van der Waals surface area contributed by atoms with Gasteiger partial charge in [-0.3, -0.25) is 5.10 Å². The van der Waals surface area contributed by atoms with Crippen LogP contribution in [0.5, 0.6) is 0 Å². The molecule has 0 saturated heterocycles. The van der Waals surface area contributed by atoms with Gasteiger partial charge in [0, 0.05) is 6.92 Å². The van der Waals surface area contributed by atoms with Crippen molar-refractivity contribution in [1.82, 2.24) is 20.4 Å². The summed E-state index contributed by atoms with van der Waals surface area (Å²) in [7, 11) is 0. The molecule has 0 radical (unpaired) electrons. The Morgan fingerprint density at radius 1 is 1.21 bits per heavy atom. The molecule has 2 aromatic heterocycles. The molecular formula is C6H8N4OS3. The van der Waals surface area contributed by atoms with Gasteiger partial charge in [-0.25, -0.2) is 5.10 Å². The van der Waals surface area contributed by atoms with Gasteiger partial charge in [0.1, 0.15) is 5.01 Å². The molecule has 2 rings (SSSR count). The standard InChI is InChI=1S/C3H4N2OS.C3H4N2S2/c1-2-4-5-3(7)6-2;1-2-4-5-3(6)7-2/h1H3,(H,5,7);1H3,(H,5,6). The third kappa shape index (κ3) is 3.90. The number of nitrogens with zero attached hydrogens (tertiary/aromatic N) is 2. The maximum atomic E-state index is 4.73. The van der Waals surface area contributed by atoms with E-state index in [0.29, 0.717) is 10.7 Å². The minimum atomic E-state index is 0.331. The lowest BCUT2D eigenvalue weighted by molar-refractivity contribution is 0.504. The van der Waals surface area contributed by atoms with Gasteiger partial charge in [-0.2, -0.15) is 5.10 Å². The van der Waals surface area contributed by atoms with Crippen LogP contribution in [0.4, 0.5) is 0 Å². The number of aromatic nitrogens is 4. The van der Waals surface area contributed by atoms with Gasteiger partial charge in [0.2, 0.25) is 5.89 Å². The molecular weight excluding hydrogens is 240 g/mol. The number of hydrogen-bond acceptors (Lipinski definition) is 6. The topological polar surface area (TPSA) is 70.5 Å². The van der Waals surface area contributed by atoms with Gasteiger partial charge in [-0.05, 0) is 31.4 Å². The van der Waals surface area contributed by atoms with Crippen LogP contribution in [0.2, 0.25) is 0 Å². The third-order valence-corrected chi connectivity index (χ3v) is 2.27. The van der Waals surface area contributed by atoms with Gasteiger partial charge in [0.25, 0.3) is 4.84 Å². The number of nitrogens with one attached hydrogen (secondary N) is 2. The van der Waals surface area contributed by atoms with E-state index in [2.05, 4.69) is 32.6 Å². The first-order valence-corrected chi connectivity index (χ1v) is 5.25. The second-order valence-electron chi connectivity index (χ2n) is 2.26. The molecule has 5 nitrogen and oxygen atoms in total. The second kappa shape index (κ2) is 5.13. The monoisotopic (exact) mass is 248 g/mol. The molecule has 76 valence electrons. The summed E-state index contributed by atoms with van der Waals surface area (Å²) in [6.07, 6.45) is 0. The van der Waals surface area contributed by atoms with Crippen molar-refractivity contribution >= 4 is 35.8 Å². The first-order chi connectivity index (χ1) is 6.58. The smallest absolute Gasteiger partial charge is 0.284 e. The van der Waals surface area contributed by atoms with Crippen molar-refractivity contribution in [2.75, 3.05) is 0 Å². The summed E-state index contributed by atoms with van der Waals surface area (Å²) in [5.41, 5.74) is 0. The SMILES string of the molecule is Cc1n[nH]c(=S)o1.Cc1n[nH]c(=S)s1. The van der Waals surface area contributed by atoms with E-state index in [0.717, 1.165) is 8.96 Å². The normalized spacial score (nSPS) is 9.29. The molecule has 0 bridgehead atoms. The van der Waals surface area contributed by atoms with E-state index in [-0.39, 0.29) is 0 Å². The Balaban J connectivity index is 0.000000140. The number of H-pyrrole nitrogens is 2. The minimum absolute atomic E-state index is 0.331. The molecule has 14 heavy (non-hydrogen) atoms. The zero-order valence-electron chi connectivity index (χ0n) is 7.53. The highest BCUT2D eigenvalue weighted by atomic mass is 32.1. The van der Waals surface area contributed by atoms with Crippen LogP contribution in [0.1, 0.15) is 10.9 Å². The molecule has 0 aliphatic rings. The number of aryl methyl sites for hydroxylation is 2. The fraction of sp³-hybridized carbons (Fsp3) is 0.333. The quantitative estimate of drug-likeness (QED) is 0.701. The zero-order chi connectivity index (χ0) is 10.6. The van der Waals surface area contributed by atoms with Crippen LogP contribution in [0.3, 0.4) is 0 Å². The molecule has 0 aliphatic heterocycles. The van der Waals surface area contributed by atoms with Gasteiger partial charge in [-0.15, -0.1) is 5.10 Å². The minimum Gasteiger partial charge on any atom is -0.414 e. The lowest BCUT2D eigenvalue weighted by Gasteiger charge is -1.65. The van der Waals surface area contributed by atoms with E-state index < -0.39 is 0 Å². The summed E-state index contributed by atoms with van der Waals surface area (Å²) in [5, 5.41) is 13.5. The van der Waals surface area contributed by atoms with Crippen LogP contribution >= 0.6 is 35.8 Å². The molecule has 0 amide bonds. The molecule has 0 fully saturated rings. The first kappa shape index (κ1) is 11.2. The molecule has 0 aliphatic carbocycles. The van der Waals surface area contributed by atoms with E-state index in [1.54, 1.807) is 6.92 Å². The van der Waals surface area contributed by atoms with Gasteiger partial charge >= 0.3 is 0 Å². The first-order valence-electron chi connectivity index (χ1n) is 3.62. The Bertz CT molecular complexity index is 447. The van der Waals surface area contributed by atoms with E-state index in [1.807, 2.05) is 6.92 Å². The summed E-state index contributed by atoms with van der Waals surface area (Å²) in [6, 6.07) is 0. The van der Waals surface area contributed by atoms with E-state index in [4.69, 9.17) is 16.6 Å². The molecule has 8 heteroatoms. The molecule has 2 N–H and O–H groups in total. The summed E-state index contributed by atoms with van der Waals surface area (Å²) in [5.74, 6) is 0.574. The van der Waals surface area contributed by atoms with Crippen molar-refractivity contribution in [1.29, 1.82) is 0 Å². The highest BCUT2D eigenvalue weighted by Crippen LogP contribution is 1.99. The third-order valence-electron chi connectivity index (χ3n) is 1.09. The summed E-state index contributed by atoms with van der Waals surface area (Å²) < 4.78 is 5.48. The number of aromatic amines is 2. The van der Waals surface area contributed by atoms with Crippen molar-refractivity contribution in [3.63, 3.8) is 0 Å². The van der Waals surface area contributed by atoms with Crippen molar-refractivity contribution in [2.45, 2.75) is 13.8 Å². The van der Waals surface area contributed by atoms with Gasteiger partial charge in [-0.1, -0.05) is 11.3 Å². The van der Waals surface area contributed by atoms with Crippen molar-refractivity contribution < 1.29 is 4.42 Å². The van der Waals surface area contributed by atoms with E-state index in [1.165, 1.54) is 11.3 Å². The molecule has 2 heterocycles. The summed E-state index contributed by atoms with van der Waals surface area (Å²) in [4.78, 5) is 0.331. The van der Waals surface area contributed by atoms with Gasteiger partial charge in [0.15, 0.2) is 3.95 Å². The average Bonchev–Trinajstić information content (AvgIpc) is 2.63. The van der Waals surface area contributed by atoms with Crippen LogP contribution < -0.4 is 0 Å². The zero-order valence-corrected chi connectivity index (χ0v) is 9.98. The predicted molar refractivity (Wildman–Crippen MR) is 58.5 cm³/mol. The predicted octanol–water partition coefficient (Wildman–Crippen LogP) is 2.55. The van der Waals surface area contributed by atoms with Gasteiger partial charge in [0.05, 0.1) is 0 Å². The van der Waals surface area contributed by atoms with Gasteiger partial charge < -0.3 is 4.42 Å². The highest BCUT2D eigenvalue weighted by Gasteiger charge is 1.83. The Morgan fingerprint density at radius 2 is 1.93 bits per heavy atom. The van der Waals surface area contributed by atoms with E-state index >= 15 is 0 Å². The molecule has 0 aromatic carbocycles. The number of rotatable bonds is 0. The Morgan fingerprint density at radius 3 is 2.07 bits per heavy atom. The second-order valence-corrected chi connectivity index (χ2v) is 4.50. The molecule has 0 spiro atoms. The van der Waals surface area contributed by atoms with Crippen LogP contribution in [-0.2, 0) is 0 Å². The van der Waals surface area contributed by atoms with Crippen molar-refractivity contribution in [3.05, 3.63) is 19.7 Å². The highest BCUT2D eigenvalue weighted by molar-refractivity contribution is 7.73. The maximum absolute atomic E-state index is 4.73. The summed E-state index contributed by atoms with van der Waals surface area (Å²) in [6.45, 7) is 3.64.